The molecule has 31 heavy (non-hydrogen) atoms. The van der Waals surface area contributed by atoms with E-state index in [1.165, 1.54) is 0 Å². The van der Waals surface area contributed by atoms with Gasteiger partial charge in [-0.1, -0.05) is 43.3 Å². The van der Waals surface area contributed by atoms with E-state index in [0.29, 0.717) is 25.4 Å². The molecule has 2 aliphatic rings. The Bertz CT molecular complexity index is 876. The molecule has 0 N–H and O–H groups in total. The number of carbonyl (C=O) groups excluding carboxylic acids is 2. The van der Waals surface area contributed by atoms with Gasteiger partial charge in [-0.3, -0.25) is 14.6 Å². The van der Waals surface area contributed by atoms with Crippen molar-refractivity contribution in [2.45, 2.75) is 45.4 Å². The van der Waals surface area contributed by atoms with Gasteiger partial charge < -0.3 is 9.80 Å². The number of likely N-dealkylation sites (tertiary alicyclic amines) is 2. The lowest BCUT2D eigenvalue weighted by Crippen LogP contribution is -2.52. The minimum Gasteiger partial charge on any atom is -0.342 e. The third-order valence-electron chi connectivity index (χ3n) is 6.96. The van der Waals surface area contributed by atoms with Crippen molar-refractivity contribution >= 4 is 11.8 Å². The van der Waals surface area contributed by atoms with Crippen molar-refractivity contribution in [2.24, 2.45) is 11.3 Å². The number of carbonyl (C=O) groups is 2. The SMILES string of the molecule is CC1(C(=O)N2CCCC(Cc3ccccn3)C2)CCN(C(=O)Cc2ccccc2)CC1. The summed E-state index contributed by atoms with van der Waals surface area (Å²) < 4.78 is 0. The Hall–Kier alpha value is -2.69. The first-order valence-corrected chi connectivity index (χ1v) is 11.5. The molecule has 2 aromatic rings. The Labute approximate surface area is 185 Å². The normalized spacial score (nSPS) is 21.0. The fraction of sp³-hybridized carbons (Fsp3) is 0.500. The van der Waals surface area contributed by atoms with Crippen molar-refractivity contribution in [3.63, 3.8) is 0 Å². The molecule has 2 saturated heterocycles. The quantitative estimate of drug-likeness (QED) is 0.742. The van der Waals surface area contributed by atoms with Crippen LogP contribution in [0, 0.1) is 11.3 Å². The zero-order valence-electron chi connectivity index (χ0n) is 18.5. The van der Waals surface area contributed by atoms with E-state index in [9.17, 15) is 9.59 Å². The van der Waals surface area contributed by atoms with Crippen molar-refractivity contribution in [3.8, 4) is 0 Å². The van der Waals surface area contributed by atoms with Gasteiger partial charge in [0, 0.05) is 43.5 Å². The molecule has 5 heteroatoms. The van der Waals surface area contributed by atoms with Gasteiger partial charge in [0.25, 0.3) is 0 Å². The van der Waals surface area contributed by atoms with Crippen LogP contribution in [0.2, 0.25) is 0 Å². The molecular weight excluding hydrogens is 386 g/mol. The van der Waals surface area contributed by atoms with Crippen molar-refractivity contribution in [3.05, 3.63) is 66.0 Å². The molecule has 4 rings (SSSR count). The molecule has 2 amide bonds. The lowest BCUT2D eigenvalue weighted by Gasteiger charge is -2.43. The van der Waals surface area contributed by atoms with Gasteiger partial charge in [0.15, 0.2) is 0 Å². The monoisotopic (exact) mass is 419 g/mol. The van der Waals surface area contributed by atoms with E-state index in [0.717, 1.165) is 56.5 Å². The second-order valence-electron chi connectivity index (χ2n) is 9.39. The largest absolute Gasteiger partial charge is 0.342 e. The number of pyridine rings is 1. The number of hydrogen-bond donors (Lipinski definition) is 0. The van der Waals surface area contributed by atoms with E-state index >= 15 is 0 Å². The van der Waals surface area contributed by atoms with Crippen molar-refractivity contribution in [1.82, 2.24) is 14.8 Å². The Balaban J connectivity index is 1.31. The molecule has 0 bridgehead atoms. The van der Waals surface area contributed by atoms with Gasteiger partial charge in [-0.25, -0.2) is 0 Å². The fourth-order valence-electron chi connectivity index (χ4n) is 4.96. The first kappa shape index (κ1) is 21.5. The number of nitrogens with zero attached hydrogens (tertiary/aromatic N) is 3. The maximum absolute atomic E-state index is 13.4. The van der Waals surface area contributed by atoms with Gasteiger partial charge in [0.1, 0.15) is 0 Å². The van der Waals surface area contributed by atoms with Crippen molar-refractivity contribution in [2.75, 3.05) is 26.2 Å². The fourth-order valence-corrected chi connectivity index (χ4v) is 4.96. The third-order valence-corrected chi connectivity index (χ3v) is 6.96. The highest BCUT2D eigenvalue weighted by Gasteiger charge is 2.41. The first-order valence-electron chi connectivity index (χ1n) is 11.5. The van der Waals surface area contributed by atoms with Crippen LogP contribution >= 0.6 is 0 Å². The Morgan fingerprint density at radius 1 is 1.00 bits per heavy atom. The maximum atomic E-state index is 13.4. The molecule has 164 valence electrons. The minimum absolute atomic E-state index is 0.161. The Morgan fingerprint density at radius 3 is 2.45 bits per heavy atom. The third kappa shape index (κ3) is 5.33. The second-order valence-corrected chi connectivity index (χ2v) is 9.39. The van der Waals surface area contributed by atoms with Gasteiger partial charge in [-0.2, -0.15) is 0 Å². The lowest BCUT2D eigenvalue weighted by atomic mass is 9.78. The molecule has 1 atom stereocenters. The molecule has 1 aromatic heterocycles. The van der Waals surface area contributed by atoms with E-state index < -0.39 is 0 Å². The van der Waals surface area contributed by atoms with Crippen LogP contribution in [0.15, 0.2) is 54.7 Å². The summed E-state index contributed by atoms with van der Waals surface area (Å²) in [4.78, 5) is 34.6. The summed E-state index contributed by atoms with van der Waals surface area (Å²) in [7, 11) is 0. The molecule has 3 heterocycles. The molecule has 2 aliphatic heterocycles. The molecule has 0 saturated carbocycles. The topological polar surface area (TPSA) is 53.5 Å². The summed E-state index contributed by atoms with van der Waals surface area (Å²) >= 11 is 0. The van der Waals surface area contributed by atoms with Crippen LogP contribution in [0.25, 0.3) is 0 Å². The van der Waals surface area contributed by atoms with Crippen LogP contribution in [-0.4, -0.2) is 52.8 Å². The highest BCUT2D eigenvalue weighted by atomic mass is 16.2. The highest BCUT2D eigenvalue weighted by Crippen LogP contribution is 2.35. The Morgan fingerprint density at radius 2 is 1.74 bits per heavy atom. The molecule has 0 spiro atoms. The number of amides is 2. The molecule has 1 unspecified atom stereocenters. The van der Waals surface area contributed by atoms with Gasteiger partial charge in [-0.05, 0) is 55.7 Å². The van der Waals surface area contributed by atoms with Crippen LogP contribution in [0.3, 0.4) is 0 Å². The number of aromatic nitrogens is 1. The van der Waals surface area contributed by atoms with Gasteiger partial charge >= 0.3 is 0 Å². The summed E-state index contributed by atoms with van der Waals surface area (Å²) in [6, 6.07) is 15.9. The maximum Gasteiger partial charge on any atom is 0.228 e. The predicted octanol–water partition coefficient (Wildman–Crippen LogP) is 3.73. The van der Waals surface area contributed by atoms with E-state index in [4.69, 9.17) is 0 Å². The minimum atomic E-state index is -0.365. The summed E-state index contributed by atoms with van der Waals surface area (Å²) in [5.41, 5.74) is 1.79. The van der Waals surface area contributed by atoms with Crippen LogP contribution < -0.4 is 0 Å². The molecule has 1 aromatic carbocycles. The van der Waals surface area contributed by atoms with Gasteiger partial charge in [0.05, 0.1) is 6.42 Å². The molecular formula is C26H33N3O2. The summed E-state index contributed by atoms with van der Waals surface area (Å²) in [5, 5.41) is 0. The van der Waals surface area contributed by atoms with Crippen LogP contribution in [-0.2, 0) is 22.4 Å². The summed E-state index contributed by atoms with van der Waals surface area (Å²) in [6.45, 7) is 5.10. The Kier molecular flexibility index (Phi) is 6.69. The molecule has 0 aliphatic carbocycles. The van der Waals surface area contributed by atoms with Crippen LogP contribution in [0.5, 0.6) is 0 Å². The van der Waals surface area contributed by atoms with Gasteiger partial charge in [0.2, 0.25) is 11.8 Å². The molecule has 0 radical (unpaired) electrons. The lowest BCUT2D eigenvalue weighted by molar-refractivity contribution is -0.148. The average Bonchev–Trinajstić information content (AvgIpc) is 2.80. The predicted molar refractivity (Wildman–Crippen MR) is 121 cm³/mol. The smallest absolute Gasteiger partial charge is 0.228 e. The standard InChI is InChI=1S/C26H33N3O2/c1-26(12-16-28(17-13-26)24(30)19-21-8-3-2-4-9-21)25(31)29-15-7-10-22(20-29)18-23-11-5-6-14-27-23/h2-6,8-9,11,14,22H,7,10,12-13,15-20H2,1H3. The number of hydrogen-bond acceptors (Lipinski definition) is 3. The molecule has 2 fully saturated rings. The summed E-state index contributed by atoms with van der Waals surface area (Å²) in [6.07, 6.45) is 6.91. The number of piperidine rings is 2. The molecule has 5 nitrogen and oxygen atoms in total. The van der Waals surface area contributed by atoms with E-state index in [1.807, 2.05) is 53.6 Å². The second kappa shape index (κ2) is 9.63. The zero-order valence-corrected chi connectivity index (χ0v) is 18.5. The number of rotatable bonds is 5. The number of benzene rings is 1. The van der Waals surface area contributed by atoms with Crippen molar-refractivity contribution < 1.29 is 9.59 Å². The van der Waals surface area contributed by atoms with Crippen molar-refractivity contribution in [1.29, 1.82) is 0 Å². The highest BCUT2D eigenvalue weighted by molar-refractivity contribution is 5.83. The first-order chi connectivity index (χ1) is 15.0. The van der Waals surface area contributed by atoms with E-state index in [2.05, 4.69) is 22.9 Å². The van der Waals surface area contributed by atoms with E-state index in [1.54, 1.807) is 0 Å². The van der Waals surface area contributed by atoms with Crippen LogP contribution in [0.4, 0.5) is 0 Å². The van der Waals surface area contributed by atoms with E-state index in [-0.39, 0.29) is 17.2 Å². The zero-order chi connectivity index (χ0) is 21.7. The van der Waals surface area contributed by atoms with Crippen LogP contribution in [0.1, 0.15) is 43.9 Å². The van der Waals surface area contributed by atoms with Gasteiger partial charge in [-0.15, -0.1) is 0 Å². The summed E-state index contributed by atoms with van der Waals surface area (Å²) in [5.74, 6) is 0.909. The average molecular weight is 420 g/mol.